The van der Waals surface area contributed by atoms with Crippen molar-refractivity contribution in [3.8, 4) is 16.9 Å². The molecule has 1 aliphatic rings. The highest BCUT2D eigenvalue weighted by Gasteiger charge is 2.28. The van der Waals surface area contributed by atoms with E-state index in [1.54, 1.807) is 7.11 Å². The van der Waals surface area contributed by atoms with Crippen molar-refractivity contribution in [2.24, 2.45) is 0 Å². The van der Waals surface area contributed by atoms with E-state index in [-0.39, 0.29) is 11.8 Å². The number of carbonyl (C=O) groups excluding carboxylic acids is 1. The van der Waals surface area contributed by atoms with Crippen LogP contribution >= 0.6 is 0 Å². The van der Waals surface area contributed by atoms with E-state index in [0.717, 1.165) is 58.9 Å². The predicted octanol–water partition coefficient (Wildman–Crippen LogP) is 5.04. The van der Waals surface area contributed by atoms with Crippen molar-refractivity contribution in [3.05, 3.63) is 83.6 Å². The third kappa shape index (κ3) is 4.21. The van der Waals surface area contributed by atoms with Gasteiger partial charge in [-0.1, -0.05) is 18.2 Å². The Bertz CT molecular complexity index is 1310. The standard InChI is InChI=1S/C27H28N4O2/c1-18-6-4-12-30-17-25(29-26(18)30)27(32)31-13-5-7-21(16-31)24-15-22(14-19(2)28-24)20-8-10-23(33-3)11-9-20/h4,6,8-12,14-15,17,21H,5,7,13,16H2,1-3H3/t21-/m1/s1. The number of hydrogen-bond donors (Lipinski definition) is 0. The van der Waals surface area contributed by atoms with Gasteiger partial charge >= 0.3 is 0 Å². The number of amides is 1. The fourth-order valence-corrected chi connectivity index (χ4v) is 4.68. The predicted molar refractivity (Wildman–Crippen MR) is 129 cm³/mol. The molecule has 0 spiro atoms. The van der Waals surface area contributed by atoms with Crippen molar-refractivity contribution in [1.29, 1.82) is 0 Å². The van der Waals surface area contributed by atoms with E-state index in [4.69, 9.17) is 9.72 Å². The minimum absolute atomic E-state index is 0.00849. The summed E-state index contributed by atoms with van der Waals surface area (Å²) in [6.45, 7) is 5.45. The molecule has 6 heteroatoms. The molecule has 0 bridgehead atoms. The lowest BCUT2D eigenvalue weighted by molar-refractivity contribution is 0.0700. The van der Waals surface area contributed by atoms with Gasteiger partial charge in [0.25, 0.3) is 5.91 Å². The number of piperidine rings is 1. The van der Waals surface area contributed by atoms with Gasteiger partial charge < -0.3 is 14.0 Å². The number of carbonyl (C=O) groups is 1. The van der Waals surface area contributed by atoms with Crippen LogP contribution in [0.25, 0.3) is 16.8 Å². The van der Waals surface area contributed by atoms with Gasteiger partial charge in [0, 0.05) is 42.8 Å². The minimum Gasteiger partial charge on any atom is -0.497 e. The first-order valence-corrected chi connectivity index (χ1v) is 11.4. The summed E-state index contributed by atoms with van der Waals surface area (Å²) in [6.07, 6.45) is 5.74. The lowest BCUT2D eigenvalue weighted by atomic mass is 9.92. The van der Waals surface area contributed by atoms with Crippen molar-refractivity contribution in [2.75, 3.05) is 20.2 Å². The van der Waals surface area contributed by atoms with Gasteiger partial charge in [-0.05, 0) is 73.7 Å². The Morgan fingerprint density at radius 2 is 1.88 bits per heavy atom. The molecular weight excluding hydrogens is 412 g/mol. The summed E-state index contributed by atoms with van der Waals surface area (Å²) in [4.78, 5) is 24.7. The summed E-state index contributed by atoms with van der Waals surface area (Å²) in [5, 5.41) is 0. The van der Waals surface area contributed by atoms with Crippen LogP contribution in [-0.4, -0.2) is 45.4 Å². The molecule has 0 saturated carbocycles. The number of hydrogen-bond acceptors (Lipinski definition) is 4. The highest BCUT2D eigenvalue weighted by Crippen LogP contribution is 2.31. The van der Waals surface area contributed by atoms with Crippen LogP contribution in [-0.2, 0) is 0 Å². The second kappa shape index (κ2) is 8.70. The molecule has 168 valence electrons. The van der Waals surface area contributed by atoms with E-state index in [9.17, 15) is 4.79 Å². The van der Waals surface area contributed by atoms with E-state index < -0.39 is 0 Å². The molecule has 0 radical (unpaired) electrons. The molecule has 1 amide bonds. The number of benzene rings is 1. The van der Waals surface area contributed by atoms with E-state index in [2.05, 4.69) is 29.2 Å². The average Bonchev–Trinajstić information content (AvgIpc) is 3.29. The fraction of sp³-hybridized carbons (Fsp3) is 0.296. The van der Waals surface area contributed by atoms with Gasteiger partial charge in [-0.25, -0.2) is 4.98 Å². The zero-order valence-corrected chi connectivity index (χ0v) is 19.3. The van der Waals surface area contributed by atoms with Gasteiger partial charge in [-0.15, -0.1) is 0 Å². The molecule has 5 rings (SSSR count). The Morgan fingerprint density at radius 1 is 1.06 bits per heavy atom. The fourth-order valence-electron chi connectivity index (χ4n) is 4.68. The second-order valence-electron chi connectivity index (χ2n) is 8.79. The Hall–Kier alpha value is -3.67. The maximum atomic E-state index is 13.3. The number of imidazole rings is 1. The van der Waals surface area contributed by atoms with Crippen LogP contribution in [0.4, 0.5) is 0 Å². The van der Waals surface area contributed by atoms with Gasteiger partial charge in [-0.3, -0.25) is 9.78 Å². The quantitative estimate of drug-likeness (QED) is 0.446. The van der Waals surface area contributed by atoms with E-state index >= 15 is 0 Å². The van der Waals surface area contributed by atoms with Crippen LogP contribution in [0, 0.1) is 13.8 Å². The molecule has 4 aromatic rings. The summed E-state index contributed by atoms with van der Waals surface area (Å²) in [5.74, 6) is 1.04. The summed E-state index contributed by atoms with van der Waals surface area (Å²) in [7, 11) is 1.67. The molecule has 0 aliphatic carbocycles. The van der Waals surface area contributed by atoms with E-state index in [1.807, 2.05) is 59.8 Å². The molecule has 0 N–H and O–H groups in total. The Labute approximate surface area is 193 Å². The molecule has 1 aliphatic heterocycles. The summed E-state index contributed by atoms with van der Waals surface area (Å²) in [5.41, 5.74) is 6.69. The van der Waals surface area contributed by atoms with Crippen LogP contribution in [0.15, 0.2) is 60.9 Å². The molecule has 6 nitrogen and oxygen atoms in total. The zero-order chi connectivity index (χ0) is 22.9. The van der Waals surface area contributed by atoms with Crippen LogP contribution in [0.5, 0.6) is 5.75 Å². The van der Waals surface area contributed by atoms with Crippen molar-refractivity contribution in [1.82, 2.24) is 19.3 Å². The summed E-state index contributed by atoms with van der Waals surface area (Å²) >= 11 is 0. The lowest BCUT2D eigenvalue weighted by Gasteiger charge is -2.32. The van der Waals surface area contributed by atoms with Gasteiger partial charge in [0.2, 0.25) is 0 Å². The normalized spacial score (nSPS) is 16.2. The summed E-state index contributed by atoms with van der Waals surface area (Å²) in [6, 6.07) is 16.3. The number of aryl methyl sites for hydroxylation is 2. The number of fused-ring (bicyclic) bond motifs is 1. The number of nitrogens with zero attached hydrogens (tertiary/aromatic N) is 4. The Balaban J connectivity index is 1.39. The van der Waals surface area contributed by atoms with Gasteiger partial charge in [0.15, 0.2) is 0 Å². The van der Waals surface area contributed by atoms with Crippen LogP contribution in [0.3, 0.4) is 0 Å². The number of aromatic nitrogens is 3. The number of methoxy groups -OCH3 is 1. The number of pyridine rings is 2. The van der Waals surface area contributed by atoms with Crippen molar-refractivity contribution >= 4 is 11.6 Å². The third-order valence-corrected chi connectivity index (χ3v) is 6.42. The number of ether oxygens (including phenoxy) is 1. The molecule has 3 aromatic heterocycles. The Morgan fingerprint density at radius 3 is 2.64 bits per heavy atom. The monoisotopic (exact) mass is 440 g/mol. The Kier molecular flexibility index (Phi) is 5.58. The topological polar surface area (TPSA) is 59.7 Å². The van der Waals surface area contributed by atoms with Gasteiger partial charge in [0.1, 0.15) is 17.1 Å². The van der Waals surface area contributed by atoms with Crippen molar-refractivity contribution in [2.45, 2.75) is 32.6 Å². The lowest BCUT2D eigenvalue weighted by Crippen LogP contribution is -2.39. The van der Waals surface area contributed by atoms with Crippen molar-refractivity contribution < 1.29 is 9.53 Å². The molecule has 1 saturated heterocycles. The second-order valence-corrected chi connectivity index (χ2v) is 8.79. The zero-order valence-electron chi connectivity index (χ0n) is 19.3. The first kappa shape index (κ1) is 21.2. The molecule has 1 atom stereocenters. The minimum atomic E-state index is -0.00849. The smallest absolute Gasteiger partial charge is 0.274 e. The van der Waals surface area contributed by atoms with Crippen molar-refractivity contribution in [3.63, 3.8) is 0 Å². The third-order valence-electron chi connectivity index (χ3n) is 6.42. The van der Waals surface area contributed by atoms with E-state index in [0.29, 0.717) is 12.2 Å². The van der Waals surface area contributed by atoms with E-state index in [1.165, 1.54) is 0 Å². The summed E-state index contributed by atoms with van der Waals surface area (Å²) < 4.78 is 7.21. The maximum absolute atomic E-state index is 13.3. The van der Waals surface area contributed by atoms with Crippen LogP contribution in [0.2, 0.25) is 0 Å². The molecule has 0 unspecified atom stereocenters. The first-order chi connectivity index (χ1) is 16.0. The largest absolute Gasteiger partial charge is 0.497 e. The molecule has 33 heavy (non-hydrogen) atoms. The molecule has 4 heterocycles. The number of likely N-dealkylation sites (tertiary alicyclic amines) is 1. The highest BCUT2D eigenvalue weighted by molar-refractivity contribution is 5.93. The first-order valence-electron chi connectivity index (χ1n) is 11.4. The average molecular weight is 441 g/mol. The highest BCUT2D eigenvalue weighted by atomic mass is 16.5. The van der Waals surface area contributed by atoms with Crippen LogP contribution < -0.4 is 4.74 Å². The van der Waals surface area contributed by atoms with Gasteiger partial charge in [0.05, 0.1) is 7.11 Å². The maximum Gasteiger partial charge on any atom is 0.274 e. The molecule has 1 aromatic carbocycles. The van der Waals surface area contributed by atoms with Crippen LogP contribution in [0.1, 0.15) is 46.2 Å². The molecular formula is C27H28N4O2. The molecule has 1 fully saturated rings. The SMILES string of the molecule is COc1ccc(-c2cc(C)nc([C@@H]3CCCN(C(=O)c4cn5cccc(C)c5n4)C3)c2)cc1. The van der Waals surface area contributed by atoms with Gasteiger partial charge in [-0.2, -0.15) is 0 Å². The number of rotatable bonds is 4.